The molecule has 2 rings (SSSR count). The van der Waals surface area contributed by atoms with E-state index in [0.29, 0.717) is 0 Å². The fourth-order valence-corrected chi connectivity index (χ4v) is 8.33. The molecule has 0 heterocycles. The number of hydrogen-bond donors (Lipinski definition) is 0. The molecule has 0 unspecified atom stereocenters. The van der Waals surface area contributed by atoms with E-state index < -0.39 is 16.9 Å². The minimum Gasteiger partial charge on any atom is -0.0696 e. The van der Waals surface area contributed by atoms with Gasteiger partial charge in [-0.25, -0.2) is 0 Å². The second-order valence-electron chi connectivity index (χ2n) is 6.27. The zero-order chi connectivity index (χ0) is 13.7. The van der Waals surface area contributed by atoms with E-state index in [0.717, 1.165) is 0 Å². The first-order valence-corrected chi connectivity index (χ1v) is 12.4. The van der Waals surface area contributed by atoms with Gasteiger partial charge in [-0.05, 0) is 0 Å². The van der Waals surface area contributed by atoms with Crippen molar-refractivity contribution in [2.45, 2.75) is 31.7 Å². The average Bonchev–Trinajstić information content (AvgIpc) is 2.40. The molecule has 0 atom stereocenters. The van der Waals surface area contributed by atoms with Crippen LogP contribution < -0.4 is 10.4 Å². The molecule has 0 aliphatic heterocycles. The molecule has 0 aliphatic rings. The van der Waals surface area contributed by atoms with Gasteiger partial charge in [-0.15, -0.1) is 0 Å². The maximum absolute atomic E-state index is 2.47. The summed E-state index contributed by atoms with van der Waals surface area (Å²) in [7, 11) is -1.56. The van der Waals surface area contributed by atoms with E-state index in [1.807, 2.05) is 0 Å². The van der Waals surface area contributed by atoms with Crippen molar-refractivity contribution in [2.24, 2.45) is 0 Å². The van der Waals surface area contributed by atoms with E-state index in [-0.39, 0.29) is 0 Å². The fraction of sp³-hybridized carbons (Fsp3) is 0.294. The molecule has 0 fully saturated rings. The van der Waals surface area contributed by atoms with Crippen LogP contribution in [-0.4, -0.2) is 16.9 Å². The van der Waals surface area contributed by atoms with Crippen LogP contribution in [0.25, 0.3) is 0 Å². The van der Waals surface area contributed by atoms with Crippen molar-refractivity contribution in [3.63, 3.8) is 0 Å². The standard InChI is InChI=1S/C17H23Si2/c1-19(2,3)15-14-18(16-10-6-4-7-11-16)17-12-8-5-9-13-17/h4-13H,14-15H2,1-3H3. The van der Waals surface area contributed by atoms with Gasteiger partial charge in [-0.1, -0.05) is 103 Å². The van der Waals surface area contributed by atoms with Crippen molar-refractivity contribution in [2.75, 3.05) is 0 Å². The Kier molecular flexibility index (Phi) is 4.78. The minimum atomic E-state index is -0.960. The number of hydrogen-bond acceptors (Lipinski definition) is 0. The summed E-state index contributed by atoms with van der Waals surface area (Å²) in [4.78, 5) is 0. The third-order valence-electron chi connectivity index (χ3n) is 3.37. The van der Waals surface area contributed by atoms with E-state index in [2.05, 4.69) is 80.3 Å². The topological polar surface area (TPSA) is 0 Å². The van der Waals surface area contributed by atoms with E-state index in [1.54, 1.807) is 10.4 Å². The van der Waals surface area contributed by atoms with Gasteiger partial charge in [-0.3, -0.25) is 0 Å². The van der Waals surface area contributed by atoms with Gasteiger partial charge in [0.25, 0.3) is 0 Å². The van der Waals surface area contributed by atoms with Gasteiger partial charge in [0.15, 0.2) is 0 Å². The summed E-state index contributed by atoms with van der Waals surface area (Å²) < 4.78 is 0. The summed E-state index contributed by atoms with van der Waals surface area (Å²) in [6.07, 6.45) is 0. The van der Waals surface area contributed by atoms with Crippen molar-refractivity contribution in [1.82, 2.24) is 0 Å². The van der Waals surface area contributed by atoms with Gasteiger partial charge in [0.1, 0.15) is 8.80 Å². The van der Waals surface area contributed by atoms with Gasteiger partial charge in [0, 0.05) is 8.07 Å². The van der Waals surface area contributed by atoms with Gasteiger partial charge in [0.2, 0.25) is 0 Å². The van der Waals surface area contributed by atoms with Crippen molar-refractivity contribution >= 4 is 27.2 Å². The van der Waals surface area contributed by atoms with Crippen LogP contribution in [0.2, 0.25) is 31.7 Å². The lowest BCUT2D eigenvalue weighted by atomic mass is 10.4. The lowest BCUT2D eigenvalue weighted by molar-refractivity contribution is 1.32. The van der Waals surface area contributed by atoms with Crippen molar-refractivity contribution < 1.29 is 0 Å². The Bertz CT molecular complexity index is 446. The molecule has 0 N–H and O–H groups in total. The molecule has 0 saturated carbocycles. The lowest BCUT2D eigenvalue weighted by Crippen LogP contribution is -2.43. The van der Waals surface area contributed by atoms with Gasteiger partial charge in [-0.2, -0.15) is 0 Å². The maximum Gasteiger partial charge on any atom is 0.121 e. The molecule has 2 aromatic carbocycles. The van der Waals surface area contributed by atoms with Crippen molar-refractivity contribution in [3.8, 4) is 0 Å². The highest BCUT2D eigenvalue weighted by Crippen LogP contribution is 2.14. The summed E-state index contributed by atoms with van der Waals surface area (Å²) in [6.45, 7) is 7.42. The van der Waals surface area contributed by atoms with Crippen LogP contribution >= 0.6 is 0 Å². The number of benzene rings is 2. The van der Waals surface area contributed by atoms with Crippen LogP contribution in [0.1, 0.15) is 0 Å². The first kappa shape index (κ1) is 14.3. The molecule has 2 heteroatoms. The van der Waals surface area contributed by atoms with Crippen LogP contribution in [-0.2, 0) is 0 Å². The lowest BCUT2D eigenvalue weighted by Gasteiger charge is -2.21. The monoisotopic (exact) mass is 283 g/mol. The molecule has 0 nitrogen and oxygen atoms in total. The predicted molar refractivity (Wildman–Crippen MR) is 90.9 cm³/mol. The molecule has 99 valence electrons. The van der Waals surface area contributed by atoms with Crippen LogP contribution in [0.3, 0.4) is 0 Å². The Hall–Kier alpha value is -1.13. The summed E-state index contributed by atoms with van der Waals surface area (Å²) in [5, 5.41) is 3.11. The van der Waals surface area contributed by atoms with Crippen LogP contribution in [0.15, 0.2) is 60.7 Å². The summed E-state index contributed by atoms with van der Waals surface area (Å²) in [6, 6.07) is 25.0. The summed E-state index contributed by atoms with van der Waals surface area (Å²) in [5.74, 6) is 0. The SMILES string of the molecule is C[Si](C)(C)CC[Si](c1ccccc1)c1ccccc1. The average molecular weight is 284 g/mol. The molecule has 0 amide bonds. The number of rotatable bonds is 5. The Morgan fingerprint density at radius 2 is 1.16 bits per heavy atom. The molecule has 0 aromatic heterocycles. The van der Waals surface area contributed by atoms with E-state index in [9.17, 15) is 0 Å². The Balaban J connectivity index is 2.24. The highest BCUT2D eigenvalue weighted by Gasteiger charge is 2.21. The van der Waals surface area contributed by atoms with E-state index in [1.165, 1.54) is 12.1 Å². The van der Waals surface area contributed by atoms with Crippen LogP contribution in [0.5, 0.6) is 0 Å². The molecular formula is C17H23Si2. The van der Waals surface area contributed by atoms with Crippen LogP contribution in [0, 0.1) is 0 Å². The highest BCUT2D eigenvalue weighted by atomic mass is 28.3. The maximum atomic E-state index is 2.47. The Morgan fingerprint density at radius 3 is 1.53 bits per heavy atom. The highest BCUT2D eigenvalue weighted by molar-refractivity contribution is 6.87. The van der Waals surface area contributed by atoms with E-state index in [4.69, 9.17) is 0 Å². The van der Waals surface area contributed by atoms with Gasteiger partial charge in [0.05, 0.1) is 0 Å². The Labute approximate surface area is 120 Å². The normalized spacial score (nSPS) is 11.8. The first-order chi connectivity index (χ1) is 9.06. The predicted octanol–water partition coefficient (Wildman–Crippen LogP) is 3.63. The summed E-state index contributed by atoms with van der Waals surface area (Å²) in [5.41, 5.74) is 0. The van der Waals surface area contributed by atoms with Gasteiger partial charge < -0.3 is 0 Å². The van der Waals surface area contributed by atoms with Gasteiger partial charge >= 0.3 is 0 Å². The zero-order valence-corrected chi connectivity index (χ0v) is 14.2. The first-order valence-electron chi connectivity index (χ1n) is 7.03. The largest absolute Gasteiger partial charge is 0.121 e. The second kappa shape index (κ2) is 6.35. The fourth-order valence-electron chi connectivity index (χ4n) is 2.23. The minimum absolute atomic E-state index is 0.598. The quantitative estimate of drug-likeness (QED) is 0.735. The molecule has 0 spiro atoms. The molecule has 2 aromatic rings. The van der Waals surface area contributed by atoms with Crippen molar-refractivity contribution in [1.29, 1.82) is 0 Å². The Morgan fingerprint density at radius 1 is 0.737 bits per heavy atom. The third-order valence-corrected chi connectivity index (χ3v) is 8.43. The molecular weight excluding hydrogens is 260 g/mol. The molecule has 1 radical (unpaired) electrons. The van der Waals surface area contributed by atoms with Crippen molar-refractivity contribution in [3.05, 3.63) is 60.7 Å². The zero-order valence-electron chi connectivity index (χ0n) is 12.2. The smallest absolute Gasteiger partial charge is 0.0696 e. The second-order valence-corrected chi connectivity index (χ2v) is 14.5. The third kappa shape index (κ3) is 4.48. The van der Waals surface area contributed by atoms with Crippen LogP contribution in [0.4, 0.5) is 0 Å². The molecule has 0 bridgehead atoms. The molecule has 19 heavy (non-hydrogen) atoms. The summed E-state index contributed by atoms with van der Waals surface area (Å²) >= 11 is 0. The molecule has 0 saturated heterocycles. The molecule has 0 aliphatic carbocycles. The van der Waals surface area contributed by atoms with E-state index >= 15 is 0 Å².